The van der Waals surface area contributed by atoms with Gasteiger partial charge in [0.1, 0.15) is 17.2 Å². The van der Waals surface area contributed by atoms with Crippen LogP contribution in [0.1, 0.15) is 63.9 Å². The van der Waals surface area contributed by atoms with Crippen LogP contribution in [-0.2, 0) is 11.2 Å². The molecule has 0 bridgehead atoms. The van der Waals surface area contributed by atoms with Gasteiger partial charge in [0.2, 0.25) is 5.91 Å². The number of nitrogens with zero attached hydrogens (tertiary/aromatic N) is 1. The third-order valence-electron chi connectivity index (χ3n) is 6.27. The van der Waals surface area contributed by atoms with Crippen molar-refractivity contribution in [1.82, 2.24) is 4.90 Å². The number of likely N-dealkylation sites (tertiary alicyclic amines) is 1. The van der Waals surface area contributed by atoms with Crippen LogP contribution in [0.4, 0.5) is 0 Å². The second kappa shape index (κ2) is 18.5. The van der Waals surface area contributed by atoms with Crippen LogP contribution in [0.15, 0.2) is 48.5 Å². The van der Waals surface area contributed by atoms with E-state index in [2.05, 4.69) is 36.1 Å². The molecule has 3 N–H and O–H groups in total. The summed E-state index contributed by atoms with van der Waals surface area (Å²) in [6.07, 6.45) is 9.07. The van der Waals surface area contributed by atoms with Crippen LogP contribution in [0.5, 0.6) is 17.2 Å². The van der Waals surface area contributed by atoms with E-state index in [1.807, 2.05) is 24.3 Å². The number of methoxy groups -OCH3 is 1. The van der Waals surface area contributed by atoms with Gasteiger partial charge in [-0.15, -0.1) is 0 Å². The maximum Gasteiger partial charge on any atom is 0.217 e. The summed E-state index contributed by atoms with van der Waals surface area (Å²) in [7, 11) is 1.61. The van der Waals surface area contributed by atoms with E-state index in [1.165, 1.54) is 24.8 Å². The molecule has 0 aliphatic carbocycles. The summed E-state index contributed by atoms with van der Waals surface area (Å²) in [5, 5.41) is 9.51. The van der Waals surface area contributed by atoms with Gasteiger partial charge in [-0.1, -0.05) is 38.3 Å². The highest BCUT2D eigenvalue weighted by Crippen LogP contribution is 2.17. The predicted octanol–water partition coefficient (Wildman–Crippen LogP) is 4.98. The van der Waals surface area contributed by atoms with Crippen molar-refractivity contribution in [2.45, 2.75) is 70.8 Å². The quantitative estimate of drug-likeness (QED) is 0.307. The SMILES string of the molecule is CCCCCCOc1ccc(CCCN2CC[C@H](O)C2)cc1.COc1ccc(OCCCC(N)=O)cc1. The molecule has 1 amide bonds. The van der Waals surface area contributed by atoms with Gasteiger partial charge in [-0.05, 0) is 80.6 Å². The summed E-state index contributed by atoms with van der Waals surface area (Å²) in [5.74, 6) is 2.25. The predicted molar refractivity (Wildman–Crippen MR) is 148 cm³/mol. The lowest BCUT2D eigenvalue weighted by Gasteiger charge is -2.14. The van der Waals surface area contributed by atoms with Crippen molar-refractivity contribution in [2.75, 3.05) is 40.0 Å². The third kappa shape index (κ3) is 13.9. The average molecular weight is 515 g/mol. The van der Waals surface area contributed by atoms with Crippen LogP contribution in [0.3, 0.4) is 0 Å². The van der Waals surface area contributed by atoms with E-state index in [4.69, 9.17) is 19.9 Å². The van der Waals surface area contributed by atoms with E-state index in [-0.39, 0.29) is 12.0 Å². The standard InChI is InChI=1S/C19H31NO2.C11H15NO3/c1-2-3-4-5-15-22-19-10-8-17(9-11-19)7-6-13-20-14-12-18(21)16-20;1-14-9-4-6-10(7-5-9)15-8-2-3-11(12)13/h8-11,18,21H,2-7,12-16H2,1H3;4-7H,2-3,8H2,1H3,(H2,12,13)/t18-;/m0./s1. The van der Waals surface area contributed by atoms with Gasteiger partial charge < -0.3 is 30.0 Å². The van der Waals surface area contributed by atoms with Gasteiger partial charge in [-0.2, -0.15) is 0 Å². The molecular formula is C30H46N2O5. The van der Waals surface area contributed by atoms with E-state index in [9.17, 15) is 9.90 Å². The molecule has 7 heteroatoms. The Morgan fingerprint density at radius 3 is 2.11 bits per heavy atom. The second-order valence-corrected chi connectivity index (χ2v) is 9.49. The largest absolute Gasteiger partial charge is 0.497 e. The van der Waals surface area contributed by atoms with Crippen LogP contribution in [0, 0.1) is 0 Å². The first-order valence-corrected chi connectivity index (χ1v) is 13.7. The van der Waals surface area contributed by atoms with E-state index in [0.29, 0.717) is 19.4 Å². The number of amides is 1. The zero-order valence-corrected chi connectivity index (χ0v) is 22.7. The highest BCUT2D eigenvalue weighted by atomic mass is 16.5. The van der Waals surface area contributed by atoms with E-state index >= 15 is 0 Å². The minimum Gasteiger partial charge on any atom is -0.497 e. The molecule has 3 rings (SSSR count). The summed E-state index contributed by atoms with van der Waals surface area (Å²) in [5.41, 5.74) is 6.37. The van der Waals surface area contributed by atoms with Gasteiger partial charge in [0.05, 0.1) is 26.4 Å². The Hall–Kier alpha value is -2.77. The lowest BCUT2D eigenvalue weighted by molar-refractivity contribution is -0.118. The molecule has 2 aromatic rings. The Labute approximate surface area is 222 Å². The number of β-amino-alcohol motifs (C(OH)–C–C–N with tert-alkyl or cyclic N) is 1. The number of benzene rings is 2. The van der Waals surface area contributed by atoms with Crippen LogP contribution >= 0.6 is 0 Å². The second-order valence-electron chi connectivity index (χ2n) is 9.49. The van der Waals surface area contributed by atoms with Crippen molar-refractivity contribution in [1.29, 1.82) is 0 Å². The number of aryl methyl sites for hydroxylation is 1. The monoisotopic (exact) mass is 514 g/mol. The van der Waals surface area contributed by atoms with Crippen LogP contribution in [0.25, 0.3) is 0 Å². The molecular weight excluding hydrogens is 468 g/mol. The summed E-state index contributed by atoms with van der Waals surface area (Å²) < 4.78 is 16.2. The number of primary amides is 1. The number of rotatable bonds is 16. The Morgan fingerprint density at radius 2 is 1.54 bits per heavy atom. The Morgan fingerprint density at radius 1 is 0.919 bits per heavy atom. The molecule has 1 saturated heterocycles. The number of aliphatic hydroxyl groups excluding tert-OH is 1. The topological polar surface area (TPSA) is 94.2 Å². The summed E-state index contributed by atoms with van der Waals surface area (Å²) in [6.45, 7) is 6.54. The molecule has 1 aliphatic heterocycles. The van der Waals surface area contributed by atoms with Crippen molar-refractivity contribution in [3.63, 3.8) is 0 Å². The average Bonchev–Trinajstić information content (AvgIpc) is 3.33. The smallest absolute Gasteiger partial charge is 0.217 e. The summed E-state index contributed by atoms with van der Waals surface area (Å²) >= 11 is 0. The van der Waals surface area contributed by atoms with Crippen molar-refractivity contribution in [3.8, 4) is 17.2 Å². The van der Waals surface area contributed by atoms with Crippen LogP contribution in [-0.4, -0.2) is 62.0 Å². The minimum absolute atomic E-state index is 0.103. The maximum atomic E-state index is 10.4. The molecule has 1 fully saturated rings. The van der Waals surface area contributed by atoms with Gasteiger partial charge in [-0.25, -0.2) is 0 Å². The molecule has 1 atom stereocenters. The fourth-order valence-electron chi connectivity index (χ4n) is 4.10. The first-order chi connectivity index (χ1) is 18.0. The van der Waals surface area contributed by atoms with Gasteiger partial charge >= 0.3 is 0 Å². The van der Waals surface area contributed by atoms with Crippen molar-refractivity contribution in [3.05, 3.63) is 54.1 Å². The molecule has 37 heavy (non-hydrogen) atoms. The molecule has 1 aliphatic rings. The van der Waals surface area contributed by atoms with Gasteiger partial charge in [-0.3, -0.25) is 4.79 Å². The molecule has 0 saturated carbocycles. The Kier molecular flexibility index (Phi) is 15.2. The molecule has 0 spiro atoms. The van der Waals surface area contributed by atoms with Crippen molar-refractivity contribution in [2.24, 2.45) is 5.73 Å². The van der Waals surface area contributed by atoms with E-state index in [1.54, 1.807) is 7.11 Å². The minimum atomic E-state index is -0.298. The lowest BCUT2D eigenvalue weighted by Crippen LogP contribution is -2.23. The number of carbonyl (C=O) groups is 1. The molecule has 1 heterocycles. The van der Waals surface area contributed by atoms with E-state index < -0.39 is 0 Å². The number of hydrogen-bond acceptors (Lipinski definition) is 6. The van der Waals surface area contributed by atoms with Crippen LogP contribution < -0.4 is 19.9 Å². The number of hydrogen-bond donors (Lipinski definition) is 2. The number of ether oxygens (including phenoxy) is 3. The normalized spacial score (nSPS) is 15.1. The molecule has 0 radical (unpaired) electrons. The highest BCUT2D eigenvalue weighted by molar-refractivity contribution is 5.73. The van der Waals surface area contributed by atoms with E-state index in [0.717, 1.165) is 69.2 Å². The maximum absolute atomic E-state index is 10.4. The first kappa shape index (κ1) is 30.5. The Bertz CT molecular complexity index is 857. The number of aliphatic hydroxyl groups is 1. The molecule has 7 nitrogen and oxygen atoms in total. The van der Waals surface area contributed by atoms with Crippen LogP contribution in [0.2, 0.25) is 0 Å². The summed E-state index contributed by atoms with van der Waals surface area (Å²) in [4.78, 5) is 12.8. The summed E-state index contributed by atoms with van der Waals surface area (Å²) in [6, 6.07) is 15.8. The highest BCUT2D eigenvalue weighted by Gasteiger charge is 2.19. The Balaban J connectivity index is 0.000000281. The number of carbonyl (C=O) groups excluding carboxylic acids is 1. The first-order valence-electron chi connectivity index (χ1n) is 13.7. The molecule has 206 valence electrons. The number of nitrogens with two attached hydrogens (primary N) is 1. The lowest BCUT2D eigenvalue weighted by atomic mass is 10.1. The van der Waals surface area contributed by atoms with Gasteiger partial charge in [0.15, 0.2) is 0 Å². The van der Waals surface area contributed by atoms with Gasteiger partial charge in [0.25, 0.3) is 0 Å². The zero-order chi connectivity index (χ0) is 26.7. The molecule has 0 aromatic heterocycles. The fourth-order valence-corrected chi connectivity index (χ4v) is 4.10. The zero-order valence-electron chi connectivity index (χ0n) is 22.7. The van der Waals surface area contributed by atoms with Gasteiger partial charge in [0, 0.05) is 19.5 Å². The van der Waals surface area contributed by atoms with Crippen molar-refractivity contribution >= 4 is 5.91 Å². The molecule has 0 unspecified atom stereocenters. The third-order valence-corrected chi connectivity index (χ3v) is 6.27. The fraction of sp³-hybridized carbons (Fsp3) is 0.567. The molecule has 2 aromatic carbocycles. The van der Waals surface area contributed by atoms with Crippen molar-refractivity contribution < 1.29 is 24.1 Å². The number of unbranched alkanes of at least 4 members (excludes halogenated alkanes) is 3.